The summed E-state index contributed by atoms with van der Waals surface area (Å²) in [6.07, 6.45) is 2.42. The first-order valence-electron chi connectivity index (χ1n) is 8.60. The number of hydrogen-bond donors (Lipinski definition) is 1. The minimum atomic E-state index is -0.991. The Morgan fingerprint density at radius 1 is 1.37 bits per heavy atom. The highest BCUT2D eigenvalue weighted by Crippen LogP contribution is 2.47. The number of carboxylic acids is 1. The van der Waals surface area contributed by atoms with Crippen LogP contribution in [0.15, 0.2) is 48.4 Å². The van der Waals surface area contributed by atoms with E-state index in [1.807, 2.05) is 35.7 Å². The van der Waals surface area contributed by atoms with Gasteiger partial charge in [-0.1, -0.05) is 18.7 Å². The van der Waals surface area contributed by atoms with Crippen LogP contribution in [-0.4, -0.2) is 29.4 Å². The molecule has 0 amide bonds. The van der Waals surface area contributed by atoms with Gasteiger partial charge in [-0.25, -0.2) is 4.79 Å². The van der Waals surface area contributed by atoms with Gasteiger partial charge in [-0.05, 0) is 41.6 Å². The summed E-state index contributed by atoms with van der Waals surface area (Å²) in [5.74, 6) is 0.200. The Hall–Kier alpha value is -2.99. The quantitative estimate of drug-likeness (QED) is 0.628. The largest absolute Gasteiger partial charge is 0.497 e. The van der Waals surface area contributed by atoms with Gasteiger partial charge in [0.2, 0.25) is 0 Å². The van der Waals surface area contributed by atoms with Crippen LogP contribution in [0.3, 0.4) is 0 Å². The number of carbonyl (C=O) groups is 1. The second kappa shape index (κ2) is 6.96. The minimum absolute atomic E-state index is 0.206. The van der Waals surface area contributed by atoms with E-state index >= 15 is 0 Å². The van der Waals surface area contributed by atoms with E-state index in [9.17, 15) is 9.90 Å². The number of hydrogen-bond acceptors (Lipinski definition) is 4. The lowest BCUT2D eigenvalue weighted by molar-refractivity contribution is 0.0694. The van der Waals surface area contributed by atoms with Crippen LogP contribution in [-0.2, 0) is 13.0 Å². The van der Waals surface area contributed by atoms with E-state index < -0.39 is 5.97 Å². The summed E-state index contributed by atoms with van der Waals surface area (Å²) in [6, 6.07) is 9.75. The molecule has 6 heteroatoms. The Labute approximate surface area is 161 Å². The molecule has 0 atom stereocenters. The molecule has 0 spiro atoms. The lowest BCUT2D eigenvalue weighted by Crippen LogP contribution is -2.12. The third-order valence-electron chi connectivity index (χ3n) is 4.71. The summed E-state index contributed by atoms with van der Waals surface area (Å²) in [7, 11) is 1.64. The highest BCUT2D eigenvalue weighted by molar-refractivity contribution is 7.13. The summed E-state index contributed by atoms with van der Waals surface area (Å²) in [4.78, 5) is 13.1. The van der Waals surface area contributed by atoms with Crippen LogP contribution in [0.1, 0.15) is 15.9 Å². The standard InChI is InChI=1S/C21H19NO4S/c1-3-10-26-20-17(21(23)24)19(16-5-4-11-27-16)22-9-8-13-12-14(25-2)6-7-15(13)18(20)22/h3-7,11-12H,1,8-10H2,2H3,(H,23,24). The second-order valence-corrected chi connectivity index (χ2v) is 7.16. The third kappa shape index (κ3) is 2.82. The number of ether oxygens (including phenoxy) is 2. The van der Waals surface area contributed by atoms with Gasteiger partial charge in [-0.3, -0.25) is 0 Å². The lowest BCUT2D eigenvalue weighted by atomic mass is 9.97. The Morgan fingerprint density at radius 3 is 2.89 bits per heavy atom. The van der Waals surface area contributed by atoms with Crippen molar-refractivity contribution in [2.75, 3.05) is 13.7 Å². The van der Waals surface area contributed by atoms with E-state index in [0.717, 1.165) is 33.9 Å². The normalized spacial score (nSPS) is 12.2. The van der Waals surface area contributed by atoms with Gasteiger partial charge in [-0.15, -0.1) is 11.3 Å². The van der Waals surface area contributed by atoms with Crippen molar-refractivity contribution in [2.45, 2.75) is 13.0 Å². The SMILES string of the molecule is C=CCOc1c(C(=O)O)c(-c2cccs2)n2c1-c1ccc(OC)cc1CC2. The first-order valence-corrected chi connectivity index (χ1v) is 9.48. The molecule has 0 unspecified atom stereocenters. The molecule has 0 radical (unpaired) electrons. The Morgan fingerprint density at radius 2 is 2.22 bits per heavy atom. The molecule has 1 aromatic carbocycles. The Bertz CT molecular complexity index is 1020. The summed E-state index contributed by atoms with van der Waals surface area (Å²) in [5, 5.41) is 11.9. The van der Waals surface area contributed by atoms with Gasteiger partial charge < -0.3 is 19.1 Å². The molecule has 1 N–H and O–H groups in total. The molecule has 1 aliphatic heterocycles. The number of benzene rings is 1. The number of thiophene rings is 1. The minimum Gasteiger partial charge on any atom is -0.497 e. The predicted octanol–water partition coefficient (Wildman–Crippen LogP) is 4.71. The third-order valence-corrected chi connectivity index (χ3v) is 5.58. The maximum Gasteiger partial charge on any atom is 0.341 e. The Balaban J connectivity index is 2.03. The molecular formula is C21H19NO4S. The molecule has 5 nitrogen and oxygen atoms in total. The van der Waals surface area contributed by atoms with Gasteiger partial charge >= 0.3 is 5.97 Å². The number of aromatic nitrogens is 1. The van der Waals surface area contributed by atoms with Gasteiger partial charge in [0.15, 0.2) is 5.75 Å². The fourth-order valence-corrected chi connectivity index (χ4v) is 4.39. The number of carboxylic acid groups (broad SMARTS) is 1. The highest BCUT2D eigenvalue weighted by Gasteiger charge is 2.33. The second-order valence-electron chi connectivity index (χ2n) is 6.21. The van der Waals surface area contributed by atoms with Crippen molar-refractivity contribution in [1.29, 1.82) is 0 Å². The maximum atomic E-state index is 12.2. The summed E-state index contributed by atoms with van der Waals surface area (Å²) in [5.41, 5.74) is 3.82. The summed E-state index contributed by atoms with van der Waals surface area (Å²) in [6.45, 7) is 4.62. The fraction of sp³-hybridized carbons (Fsp3) is 0.190. The van der Waals surface area contributed by atoms with Crippen LogP contribution >= 0.6 is 11.3 Å². The monoisotopic (exact) mass is 381 g/mol. The van der Waals surface area contributed by atoms with Crippen molar-refractivity contribution < 1.29 is 19.4 Å². The zero-order valence-corrected chi connectivity index (χ0v) is 15.7. The molecule has 0 bridgehead atoms. The van der Waals surface area contributed by atoms with Gasteiger partial charge in [0.05, 0.1) is 23.4 Å². The average molecular weight is 381 g/mol. The summed E-state index contributed by atoms with van der Waals surface area (Å²) < 4.78 is 13.3. The molecule has 0 saturated carbocycles. The van der Waals surface area contributed by atoms with E-state index in [-0.39, 0.29) is 12.2 Å². The number of aromatic carboxylic acids is 1. The van der Waals surface area contributed by atoms with Crippen LogP contribution in [0.2, 0.25) is 0 Å². The molecule has 27 heavy (non-hydrogen) atoms. The van der Waals surface area contributed by atoms with E-state index in [1.165, 1.54) is 11.3 Å². The van der Waals surface area contributed by atoms with Crippen LogP contribution in [0, 0.1) is 0 Å². The maximum absolute atomic E-state index is 12.2. The van der Waals surface area contributed by atoms with Crippen molar-refractivity contribution in [3.8, 4) is 33.3 Å². The van der Waals surface area contributed by atoms with Crippen molar-refractivity contribution in [3.63, 3.8) is 0 Å². The lowest BCUT2D eigenvalue weighted by Gasteiger charge is -2.22. The zero-order chi connectivity index (χ0) is 19.0. The highest BCUT2D eigenvalue weighted by atomic mass is 32.1. The smallest absolute Gasteiger partial charge is 0.341 e. The van der Waals surface area contributed by atoms with E-state index in [4.69, 9.17) is 9.47 Å². The van der Waals surface area contributed by atoms with E-state index in [1.54, 1.807) is 13.2 Å². The fourth-order valence-electron chi connectivity index (χ4n) is 3.60. The molecular weight excluding hydrogens is 362 g/mol. The number of fused-ring (bicyclic) bond motifs is 3. The number of aryl methyl sites for hydroxylation is 1. The van der Waals surface area contributed by atoms with Gasteiger partial charge in [0.25, 0.3) is 0 Å². The van der Waals surface area contributed by atoms with Crippen LogP contribution in [0.4, 0.5) is 0 Å². The van der Waals surface area contributed by atoms with Crippen LogP contribution in [0.5, 0.6) is 11.5 Å². The zero-order valence-electron chi connectivity index (χ0n) is 14.9. The van der Waals surface area contributed by atoms with E-state index in [0.29, 0.717) is 18.0 Å². The first-order chi connectivity index (χ1) is 13.2. The number of nitrogens with zero attached hydrogens (tertiary/aromatic N) is 1. The van der Waals surface area contributed by atoms with Crippen molar-refractivity contribution in [1.82, 2.24) is 4.57 Å². The van der Waals surface area contributed by atoms with Gasteiger partial charge in [-0.2, -0.15) is 0 Å². The summed E-state index contributed by atoms with van der Waals surface area (Å²) >= 11 is 1.53. The van der Waals surface area contributed by atoms with E-state index in [2.05, 4.69) is 11.1 Å². The number of methoxy groups -OCH3 is 1. The van der Waals surface area contributed by atoms with Crippen LogP contribution in [0.25, 0.3) is 21.8 Å². The molecule has 1 aliphatic rings. The molecule has 4 rings (SSSR count). The van der Waals surface area contributed by atoms with Crippen molar-refractivity contribution in [3.05, 3.63) is 59.5 Å². The predicted molar refractivity (Wildman–Crippen MR) is 106 cm³/mol. The first kappa shape index (κ1) is 17.4. The van der Waals surface area contributed by atoms with Gasteiger partial charge in [0.1, 0.15) is 17.9 Å². The Kier molecular flexibility index (Phi) is 4.49. The van der Waals surface area contributed by atoms with Crippen molar-refractivity contribution in [2.24, 2.45) is 0 Å². The molecule has 138 valence electrons. The molecule has 3 heterocycles. The molecule has 0 saturated heterocycles. The molecule has 0 fully saturated rings. The average Bonchev–Trinajstić information content (AvgIpc) is 3.31. The van der Waals surface area contributed by atoms with Gasteiger partial charge in [0, 0.05) is 12.1 Å². The molecule has 3 aromatic rings. The molecule has 0 aliphatic carbocycles. The van der Waals surface area contributed by atoms with Crippen molar-refractivity contribution >= 4 is 17.3 Å². The molecule has 2 aromatic heterocycles. The number of rotatable bonds is 6. The van der Waals surface area contributed by atoms with Crippen LogP contribution < -0.4 is 9.47 Å². The topological polar surface area (TPSA) is 60.7 Å².